The Morgan fingerprint density at radius 1 is 1.57 bits per heavy atom. The Labute approximate surface area is 88.5 Å². The van der Waals surface area contributed by atoms with Gasteiger partial charge in [0, 0.05) is 18.4 Å². The topological polar surface area (TPSA) is 9.23 Å². The number of unbranched alkanes of at least 4 members (excludes halogenated alkanes) is 1. The highest BCUT2D eigenvalue weighted by molar-refractivity contribution is 4.95. The lowest BCUT2D eigenvalue weighted by Crippen LogP contribution is -2.22. The van der Waals surface area contributed by atoms with Crippen LogP contribution in [0.1, 0.15) is 39.5 Å². The molecule has 0 radical (unpaired) electrons. The van der Waals surface area contributed by atoms with Crippen molar-refractivity contribution in [1.29, 1.82) is 0 Å². The smallest absolute Gasteiger partial charge is 0.0531 e. The van der Waals surface area contributed by atoms with Gasteiger partial charge in [0.05, 0.1) is 6.61 Å². The van der Waals surface area contributed by atoms with Gasteiger partial charge in [-0.05, 0) is 12.8 Å². The first-order chi connectivity index (χ1) is 6.68. The number of terminal acetylenes is 1. The molecule has 0 aliphatic heterocycles. The molecule has 0 rings (SSSR count). The molecule has 0 aliphatic carbocycles. The summed E-state index contributed by atoms with van der Waals surface area (Å²) in [6, 6.07) is 0. The predicted octanol–water partition coefficient (Wildman–Crippen LogP) is 3.41. The highest BCUT2D eigenvalue weighted by atomic mass is 16.5. The SMILES string of the molecule is C#CCC(C)(CC=C)COCCCC. The number of allylic oxidation sites excluding steroid dienone is 1. The fourth-order valence-electron chi connectivity index (χ4n) is 1.34. The van der Waals surface area contributed by atoms with Crippen LogP contribution in [0.2, 0.25) is 0 Å². The summed E-state index contributed by atoms with van der Waals surface area (Å²) >= 11 is 0. The van der Waals surface area contributed by atoms with Gasteiger partial charge < -0.3 is 4.74 Å². The van der Waals surface area contributed by atoms with E-state index in [-0.39, 0.29) is 5.41 Å². The summed E-state index contributed by atoms with van der Waals surface area (Å²) in [7, 11) is 0. The summed E-state index contributed by atoms with van der Waals surface area (Å²) in [5, 5.41) is 0. The van der Waals surface area contributed by atoms with Crippen LogP contribution in [0.4, 0.5) is 0 Å². The maximum Gasteiger partial charge on any atom is 0.0531 e. The summed E-state index contributed by atoms with van der Waals surface area (Å²) in [4.78, 5) is 0. The molecule has 0 heterocycles. The Bertz CT molecular complexity index is 190. The maximum atomic E-state index is 5.60. The van der Waals surface area contributed by atoms with E-state index in [0.717, 1.165) is 32.5 Å². The van der Waals surface area contributed by atoms with E-state index >= 15 is 0 Å². The minimum Gasteiger partial charge on any atom is -0.381 e. The number of ether oxygens (including phenoxy) is 1. The summed E-state index contributed by atoms with van der Waals surface area (Å²) in [5.74, 6) is 2.71. The van der Waals surface area contributed by atoms with Gasteiger partial charge in [0.25, 0.3) is 0 Å². The zero-order chi connectivity index (χ0) is 10.9. The fourth-order valence-corrected chi connectivity index (χ4v) is 1.34. The third-order valence-electron chi connectivity index (χ3n) is 2.26. The molecule has 1 nitrogen and oxygen atoms in total. The minimum atomic E-state index is 0.0737. The summed E-state index contributed by atoms with van der Waals surface area (Å²) in [6.07, 6.45) is 11.2. The van der Waals surface area contributed by atoms with Gasteiger partial charge >= 0.3 is 0 Å². The van der Waals surface area contributed by atoms with Crippen molar-refractivity contribution in [3.05, 3.63) is 12.7 Å². The van der Waals surface area contributed by atoms with Crippen LogP contribution in [0.5, 0.6) is 0 Å². The molecule has 80 valence electrons. The number of hydrogen-bond donors (Lipinski definition) is 0. The van der Waals surface area contributed by atoms with Crippen LogP contribution in [0, 0.1) is 17.8 Å². The van der Waals surface area contributed by atoms with Crippen molar-refractivity contribution in [3.8, 4) is 12.3 Å². The third-order valence-corrected chi connectivity index (χ3v) is 2.26. The lowest BCUT2D eigenvalue weighted by Gasteiger charge is -2.25. The third kappa shape index (κ3) is 5.83. The van der Waals surface area contributed by atoms with E-state index in [1.807, 2.05) is 6.08 Å². The van der Waals surface area contributed by atoms with Crippen LogP contribution in [0.3, 0.4) is 0 Å². The Balaban J connectivity index is 3.84. The summed E-state index contributed by atoms with van der Waals surface area (Å²) in [6.45, 7) is 9.64. The molecule has 0 fully saturated rings. The second-order valence-electron chi connectivity index (χ2n) is 4.09. The Hall–Kier alpha value is -0.740. The Morgan fingerprint density at radius 3 is 2.79 bits per heavy atom. The fraction of sp³-hybridized carbons (Fsp3) is 0.692. The lowest BCUT2D eigenvalue weighted by molar-refractivity contribution is 0.0551. The molecule has 0 saturated carbocycles. The molecule has 0 aromatic rings. The zero-order valence-corrected chi connectivity index (χ0v) is 9.51. The molecular formula is C13H22O. The van der Waals surface area contributed by atoms with Crippen molar-refractivity contribution in [2.75, 3.05) is 13.2 Å². The van der Waals surface area contributed by atoms with Crippen LogP contribution in [0.25, 0.3) is 0 Å². The second kappa shape index (κ2) is 7.64. The second-order valence-corrected chi connectivity index (χ2v) is 4.09. The maximum absolute atomic E-state index is 5.60. The minimum absolute atomic E-state index is 0.0737. The van der Waals surface area contributed by atoms with Gasteiger partial charge in [0.1, 0.15) is 0 Å². The average molecular weight is 194 g/mol. The lowest BCUT2D eigenvalue weighted by atomic mass is 9.84. The van der Waals surface area contributed by atoms with Gasteiger partial charge in [-0.25, -0.2) is 0 Å². The van der Waals surface area contributed by atoms with Crippen LogP contribution in [-0.4, -0.2) is 13.2 Å². The van der Waals surface area contributed by atoms with Gasteiger partial charge in [-0.15, -0.1) is 18.9 Å². The van der Waals surface area contributed by atoms with Crippen molar-refractivity contribution in [2.45, 2.75) is 39.5 Å². The molecule has 0 aromatic heterocycles. The van der Waals surface area contributed by atoms with Crippen molar-refractivity contribution in [3.63, 3.8) is 0 Å². The first kappa shape index (κ1) is 13.3. The van der Waals surface area contributed by atoms with Gasteiger partial charge in [0.15, 0.2) is 0 Å². The van der Waals surface area contributed by atoms with Crippen LogP contribution < -0.4 is 0 Å². The van der Waals surface area contributed by atoms with E-state index in [9.17, 15) is 0 Å². The van der Waals surface area contributed by atoms with Gasteiger partial charge in [-0.3, -0.25) is 0 Å². The zero-order valence-electron chi connectivity index (χ0n) is 9.51. The van der Waals surface area contributed by atoms with E-state index in [1.54, 1.807) is 0 Å². The van der Waals surface area contributed by atoms with E-state index in [2.05, 4.69) is 26.3 Å². The van der Waals surface area contributed by atoms with E-state index in [4.69, 9.17) is 11.2 Å². The Morgan fingerprint density at radius 2 is 2.29 bits per heavy atom. The highest BCUT2D eigenvalue weighted by Crippen LogP contribution is 2.26. The molecule has 14 heavy (non-hydrogen) atoms. The van der Waals surface area contributed by atoms with Crippen LogP contribution >= 0.6 is 0 Å². The first-order valence-corrected chi connectivity index (χ1v) is 5.30. The quantitative estimate of drug-likeness (QED) is 0.327. The first-order valence-electron chi connectivity index (χ1n) is 5.30. The molecule has 0 bridgehead atoms. The summed E-state index contributed by atoms with van der Waals surface area (Å²) in [5.41, 5.74) is 0.0737. The molecule has 1 unspecified atom stereocenters. The van der Waals surface area contributed by atoms with Crippen molar-refractivity contribution < 1.29 is 4.74 Å². The average Bonchev–Trinajstić information content (AvgIpc) is 2.13. The number of rotatable bonds is 8. The predicted molar refractivity (Wildman–Crippen MR) is 62.1 cm³/mol. The van der Waals surface area contributed by atoms with Crippen molar-refractivity contribution in [2.24, 2.45) is 5.41 Å². The van der Waals surface area contributed by atoms with Crippen molar-refractivity contribution in [1.82, 2.24) is 0 Å². The van der Waals surface area contributed by atoms with Gasteiger partial charge in [-0.1, -0.05) is 26.3 Å². The standard InChI is InChI=1S/C13H22O/c1-5-8-11-14-12-13(4,9-6-2)10-7-3/h2,7H,3,5,8-12H2,1,4H3. The number of hydrogen-bond acceptors (Lipinski definition) is 1. The van der Waals surface area contributed by atoms with Gasteiger partial charge in [-0.2, -0.15) is 0 Å². The van der Waals surface area contributed by atoms with Gasteiger partial charge in [0.2, 0.25) is 0 Å². The molecule has 0 aromatic carbocycles. The van der Waals surface area contributed by atoms with Crippen LogP contribution in [-0.2, 0) is 4.74 Å². The molecule has 1 atom stereocenters. The monoisotopic (exact) mass is 194 g/mol. The van der Waals surface area contributed by atoms with E-state index in [1.165, 1.54) is 6.42 Å². The molecule has 0 spiro atoms. The molecule has 1 heteroatoms. The molecular weight excluding hydrogens is 172 g/mol. The molecule has 0 saturated heterocycles. The molecule has 0 N–H and O–H groups in total. The van der Waals surface area contributed by atoms with Crippen molar-refractivity contribution >= 4 is 0 Å². The largest absolute Gasteiger partial charge is 0.381 e. The van der Waals surface area contributed by atoms with Crippen LogP contribution in [0.15, 0.2) is 12.7 Å². The molecule has 0 aliphatic rings. The Kier molecular flexibility index (Phi) is 7.24. The highest BCUT2D eigenvalue weighted by Gasteiger charge is 2.21. The normalized spacial score (nSPS) is 14.4. The summed E-state index contributed by atoms with van der Waals surface area (Å²) < 4.78 is 5.60. The van der Waals surface area contributed by atoms with E-state index < -0.39 is 0 Å². The van der Waals surface area contributed by atoms with E-state index in [0.29, 0.717) is 0 Å². The molecule has 0 amide bonds.